The molecule has 0 radical (unpaired) electrons. The van der Waals surface area contributed by atoms with E-state index in [1.165, 1.54) is 11.8 Å². The molecule has 3 atom stereocenters. The molecule has 2 bridgehead atoms. The predicted molar refractivity (Wildman–Crippen MR) is 126 cm³/mol. The molecule has 29 heavy (non-hydrogen) atoms. The van der Waals surface area contributed by atoms with Gasteiger partial charge >= 0.3 is 0 Å². The van der Waals surface area contributed by atoms with Crippen molar-refractivity contribution in [2.75, 3.05) is 18.4 Å². The summed E-state index contributed by atoms with van der Waals surface area (Å²) in [6.45, 7) is 4.25. The Morgan fingerprint density at radius 3 is 2.79 bits per heavy atom. The number of thioether (sulfide) groups is 1. The number of para-hydroxylation sites is 1. The van der Waals surface area contributed by atoms with Crippen LogP contribution in [-0.4, -0.2) is 38.0 Å². The molecule has 4 rings (SSSR count). The lowest BCUT2D eigenvalue weighted by molar-refractivity contribution is -0.115. The van der Waals surface area contributed by atoms with Gasteiger partial charge < -0.3 is 14.8 Å². The molecule has 8 heteroatoms. The van der Waals surface area contributed by atoms with Gasteiger partial charge in [-0.05, 0) is 53.4 Å². The van der Waals surface area contributed by atoms with Gasteiger partial charge in [-0.1, -0.05) is 42.2 Å². The summed E-state index contributed by atoms with van der Waals surface area (Å²) < 4.78 is 3.52. The van der Waals surface area contributed by atoms with E-state index in [2.05, 4.69) is 32.2 Å². The Balaban J connectivity index is 1.40. The molecule has 0 saturated carbocycles. The molecule has 2 aliphatic rings. The van der Waals surface area contributed by atoms with Crippen molar-refractivity contribution in [3.05, 3.63) is 63.0 Å². The third kappa shape index (κ3) is 4.44. The highest BCUT2D eigenvalue weighted by molar-refractivity contribution is 9.10. The van der Waals surface area contributed by atoms with Crippen molar-refractivity contribution >= 4 is 55.8 Å². The van der Waals surface area contributed by atoms with Crippen molar-refractivity contribution in [1.29, 1.82) is 0 Å². The molecule has 1 aromatic heterocycles. The van der Waals surface area contributed by atoms with Gasteiger partial charge in [0.15, 0.2) is 0 Å². The van der Waals surface area contributed by atoms with Crippen molar-refractivity contribution < 1.29 is 4.79 Å². The van der Waals surface area contributed by atoms with E-state index < -0.39 is 0 Å². The van der Waals surface area contributed by atoms with Gasteiger partial charge in [0.25, 0.3) is 5.56 Å². The van der Waals surface area contributed by atoms with Crippen molar-refractivity contribution in [3.63, 3.8) is 0 Å². The first-order valence-electron chi connectivity index (χ1n) is 9.63. The number of fused-ring (bicyclic) bond motifs is 4. The van der Waals surface area contributed by atoms with Crippen LogP contribution in [0.4, 0.5) is 5.69 Å². The van der Waals surface area contributed by atoms with Gasteiger partial charge in [-0.3, -0.25) is 9.59 Å². The van der Waals surface area contributed by atoms with E-state index in [1.807, 2.05) is 41.8 Å². The molecule has 3 unspecified atom stereocenters. The highest BCUT2D eigenvalue weighted by Gasteiger charge is 2.35. The van der Waals surface area contributed by atoms with Crippen LogP contribution in [-0.2, 0) is 11.3 Å². The first kappa shape index (κ1) is 20.6. The van der Waals surface area contributed by atoms with E-state index in [0.717, 1.165) is 46.2 Å². The number of benzene rings is 1. The molecule has 1 N–H and O–H groups in total. The van der Waals surface area contributed by atoms with Crippen LogP contribution in [0.1, 0.15) is 25.0 Å². The van der Waals surface area contributed by atoms with Crippen LogP contribution < -0.4 is 10.9 Å². The molecule has 0 aliphatic carbocycles. The van der Waals surface area contributed by atoms with Crippen LogP contribution in [0.15, 0.2) is 51.7 Å². The fourth-order valence-electron chi connectivity index (χ4n) is 4.12. The fourth-order valence-corrected chi connectivity index (χ4v) is 5.85. The maximum Gasteiger partial charge on any atom is 0.250 e. The lowest BCUT2D eigenvalue weighted by Crippen LogP contribution is -2.48. The molecular weight excluding hydrogens is 470 g/mol. The highest BCUT2D eigenvalue weighted by atomic mass is 79.9. The summed E-state index contributed by atoms with van der Waals surface area (Å²) in [4.78, 5) is 27.0. The molecule has 5 nitrogen and oxygen atoms in total. The number of carbonyl (C=O) groups excluding carboxylic acids is 1. The number of amides is 1. The molecule has 2 aliphatic heterocycles. The highest BCUT2D eigenvalue weighted by Crippen LogP contribution is 2.36. The van der Waals surface area contributed by atoms with Crippen molar-refractivity contribution in [1.82, 2.24) is 9.47 Å². The number of piperidine rings is 1. The van der Waals surface area contributed by atoms with Crippen LogP contribution in [0, 0.1) is 5.92 Å². The average Bonchev–Trinajstić information content (AvgIpc) is 2.70. The molecule has 2 aromatic rings. The number of aromatic nitrogens is 1. The Morgan fingerprint density at radius 1 is 1.21 bits per heavy atom. The van der Waals surface area contributed by atoms with Crippen molar-refractivity contribution in [2.45, 2.75) is 31.1 Å². The molecule has 1 amide bonds. The van der Waals surface area contributed by atoms with Crippen LogP contribution in [0.25, 0.3) is 0 Å². The predicted octanol–water partition coefficient (Wildman–Crippen LogP) is 4.08. The zero-order chi connectivity index (χ0) is 20.5. The van der Waals surface area contributed by atoms with Gasteiger partial charge in [-0.25, -0.2) is 0 Å². The third-order valence-electron chi connectivity index (χ3n) is 5.52. The topological polar surface area (TPSA) is 54.3 Å². The molecular formula is C21H22BrN3O2S2. The van der Waals surface area contributed by atoms with E-state index in [9.17, 15) is 9.59 Å². The van der Waals surface area contributed by atoms with Gasteiger partial charge in [0.1, 0.15) is 4.32 Å². The Labute approximate surface area is 188 Å². The zero-order valence-electron chi connectivity index (χ0n) is 16.0. The van der Waals surface area contributed by atoms with Crippen LogP contribution in [0.2, 0.25) is 0 Å². The van der Waals surface area contributed by atoms with Gasteiger partial charge in [-0.15, -0.1) is 0 Å². The van der Waals surface area contributed by atoms with Crippen LogP contribution >= 0.6 is 39.9 Å². The first-order chi connectivity index (χ1) is 13.9. The van der Waals surface area contributed by atoms with E-state index in [4.69, 9.17) is 12.2 Å². The lowest BCUT2D eigenvalue weighted by Gasteiger charge is -2.43. The summed E-state index contributed by atoms with van der Waals surface area (Å²) in [6, 6.07) is 13.1. The number of hydrogen-bond donors (Lipinski definition) is 1. The van der Waals surface area contributed by atoms with E-state index in [-0.39, 0.29) is 16.7 Å². The largest absolute Gasteiger partial charge is 0.356 e. The summed E-state index contributed by atoms with van der Waals surface area (Å²) in [5.41, 5.74) is 1.94. The number of rotatable bonds is 3. The number of anilines is 1. The second-order valence-electron chi connectivity index (χ2n) is 7.60. The number of nitrogens with one attached hydrogen (secondary N) is 1. The molecule has 1 saturated heterocycles. The minimum Gasteiger partial charge on any atom is -0.356 e. The number of thiocarbonyl (C=S) groups is 1. The lowest BCUT2D eigenvalue weighted by atomic mass is 9.83. The van der Waals surface area contributed by atoms with Gasteiger partial charge in [0, 0.05) is 41.8 Å². The summed E-state index contributed by atoms with van der Waals surface area (Å²) >= 11 is 10.6. The minimum atomic E-state index is -0.300. The van der Waals surface area contributed by atoms with Crippen molar-refractivity contribution in [2.24, 2.45) is 5.92 Å². The summed E-state index contributed by atoms with van der Waals surface area (Å²) in [7, 11) is 0. The second kappa shape index (κ2) is 8.62. The normalized spacial score (nSPS) is 21.2. The summed E-state index contributed by atoms with van der Waals surface area (Å²) in [6.07, 6.45) is 1.09. The second-order valence-corrected chi connectivity index (χ2v) is 10.4. The Kier molecular flexibility index (Phi) is 6.13. The number of pyridine rings is 1. The molecule has 3 heterocycles. The quantitative estimate of drug-likeness (QED) is 0.655. The smallest absolute Gasteiger partial charge is 0.250 e. The Hall–Kier alpha value is -1.64. The van der Waals surface area contributed by atoms with Gasteiger partial charge in [0.2, 0.25) is 5.91 Å². The van der Waals surface area contributed by atoms with E-state index in [1.54, 1.807) is 6.07 Å². The number of carbonyl (C=O) groups is 1. The Bertz CT molecular complexity index is 1010. The maximum atomic E-state index is 12.6. The van der Waals surface area contributed by atoms with E-state index >= 15 is 0 Å². The molecule has 1 fully saturated rings. The Morgan fingerprint density at radius 2 is 2.00 bits per heavy atom. The minimum absolute atomic E-state index is 0.0710. The average molecular weight is 492 g/mol. The standard InChI is InChI=1S/C21H22BrN3O2S2/c1-13(20(27)23-17-6-3-2-5-16(17)22)29-21(28)24-10-14-9-15(12-24)18-7-4-8-19(26)25(18)11-14/h2-8,13-15H,9-12H2,1H3,(H,23,27). The molecule has 152 valence electrons. The van der Waals surface area contributed by atoms with E-state index in [0.29, 0.717) is 11.8 Å². The van der Waals surface area contributed by atoms with Gasteiger partial charge in [0.05, 0.1) is 10.9 Å². The number of nitrogens with zero attached hydrogens (tertiary/aromatic N) is 2. The summed E-state index contributed by atoms with van der Waals surface area (Å²) in [5, 5.41) is 2.65. The van der Waals surface area contributed by atoms with Crippen LogP contribution in [0.3, 0.4) is 0 Å². The number of likely N-dealkylation sites (tertiary alicyclic amines) is 1. The SMILES string of the molecule is CC(SC(=S)N1CC2CC(C1)c1cccc(=O)n1C2)C(=O)Nc1ccccc1Br. The number of hydrogen-bond acceptors (Lipinski definition) is 4. The van der Waals surface area contributed by atoms with Crippen LogP contribution in [0.5, 0.6) is 0 Å². The maximum absolute atomic E-state index is 12.6. The van der Waals surface area contributed by atoms with Crippen molar-refractivity contribution in [3.8, 4) is 0 Å². The zero-order valence-corrected chi connectivity index (χ0v) is 19.2. The first-order valence-corrected chi connectivity index (χ1v) is 11.7. The number of halogens is 1. The molecule has 1 aromatic carbocycles. The fraction of sp³-hybridized carbons (Fsp3) is 0.381. The van der Waals surface area contributed by atoms with Gasteiger partial charge in [-0.2, -0.15) is 0 Å². The molecule has 0 spiro atoms. The summed E-state index contributed by atoms with van der Waals surface area (Å²) in [5.74, 6) is 0.641. The third-order valence-corrected chi connectivity index (χ3v) is 7.78. The monoisotopic (exact) mass is 491 g/mol.